The van der Waals surface area contributed by atoms with Gasteiger partial charge in [0.05, 0.1) is 12.5 Å². The molecule has 1 aromatic rings. The zero-order valence-electron chi connectivity index (χ0n) is 13.8. The van der Waals surface area contributed by atoms with Crippen molar-refractivity contribution in [3.05, 3.63) is 35.4 Å². The molecule has 0 aromatic heterocycles. The largest absolute Gasteiger partial charge is 0.497 e. The van der Waals surface area contributed by atoms with Crippen LogP contribution in [0.5, 0.6) is 5.75 Å². The number of hydrogen-bond donors (Lipinski definition) is 0. The second-order valence-electron chi connectivity index (χ2n) is 6.81. The molecular formula is C20H25ClO2. The van der Waals surface area contributed by atoms with Gasteiger partial charge in [-0.3, -0.25) is 4.79 Å². The Bertz CT molecular complexity index is 570. The molecule has 0 aliphatic heterocycles. The van der Waals surface area contributed by atoms with Crippen molar-refractivity contribution in [3.63, 3.8) is 0 Å². The number of ether oxygens (including phenoxy) is 1. The Kier molecular flexibility index (Phi) is 5.42. The highest BCUT2D eigenvalue weighted by Crippen LogP contribution is 2.41. The van der Waals surface area contributed by atoms with Crippen molar-refractivity contribution in [2.75, 3.05) is 7.11 Å². The maximum absolute atomic E-state index is 12.7. The number of Topliss-reactive ketones (excluding diaryl/α,β-unsaturated/α-hetero) is 1. The van der Waals surface area contributed by atoms with E-state index >= 15 is 0 Å². The lowest BCUT2D eigenvalue weighted by Crippen LogP contribution is -2.36. The lowest BCUT2D eigenvalue weighted by Gasteiger charge is -2.36. The second kappa shape index (κ2) is 7.53. The van der Waals surface area contributed by atoms with Crippen LogP contribution in [0.1, 0.15) is 50.5 Å². The normalized spacial score (nSPS) is 28.1. The molecule has 0 radical (unpaired) electrons. The molecule has 3 heteroatoms. The van der Waals surface area contributed by atoms with E-state index < -0.39 is 0 Å². The van der Waals surface area contributed by atoms with Crippen molar-refractivity contribution in [1.29, 1.82) is 0 Å². The molecule has 2 fully saturated rings. The quantitative estimate of drug-likeness (QED) is 0.558. The molecule has 2 aliphatic rings. The van der Waals surface area contributed by atoms with Gasteiger partial charge in [-0.25, -0.2) is 0 Å². The summed E-state index contributed by atoms with van der Waals surface area (Å²) < 4.78 is 5.17. The fourth-order valence-electron chi connectivity index (χ4n) is 4.04. The van der Waals surface area contributed by atoms with Crippen LogP contribution in [0.25, 0.3) is 6.08 Å². The molecule has 2 aliphatic carbocycles. The topological polar surface area (TPSA) is 26.3 Å². The number of halogens is 1. The van der Waals surface area contributed by atoms with E-state index in [4.69, 9.17) is 16.3 Å². The molecular weight excluding hydrogens is 308 g/mol. The van der Waals surface area contributed by atoms with Gasteiger partial charge in [-0.2, -0.15) is 0 Å². The molecule has 2 unspecified atom stereocenters. The minimum atomic E-state index is -0.337. The molecule has 23 heavy (non-hydrogen) atoms. The molecule has 0 bridgehead atoms. The van der Waals surface area contributed by atoms with Crippen molar-refractivity contribution < 1.29 is 9.53 Å². The van der Waals surface area contributed by atoms with Crippen molar-refractivity contribution in [1.82, 2.24) is 0 Å². The van der Waals surface area contributed by atoms with E-state index in [-0.39, 0.29) is 11.2 Å². The van der Waals surface area contributed by atoms with Crippen LogP contribution in [0.15, 0.2) is 29.8 Å². The Labute approximate surface area is 143 Å². The monoisotopic (exact) mass is 332 g/mol. The average molecular weight is 333 g/mol. The van der Waals surface area contributed by atoms with Gasteiger partial charge >= 0.3 is 0 Å². The average Bonchev–Trinajstić information content (AvgIpc) is 2.60. The summed E-state index contributed by atoms with van der Waals surface area (Å²) in [5, 5.41) is -0.337. The molecule has 1 aromatic carbocycles. The van der Waals surface area contributed by atoms with Gasteiger partial charge in [0.2, 0.25) is 0 Å². The molecule has 2 saturated carbocycles. The Morgan fingerprint density at radius 1 is 1.09 bits per heavy atom. The van der Waals surface area contributed by atoms with Crippen molar-refractivity contribution in [2.24, 2.45) is 11.8 Å². The summed E-state index contributed by atoms with van der Waals surface area (Å²) in [5.41, 5.74) is 1.91. The lowest BCUT2D eigenvalue weighted by molar-refractivity contribution is -0.117. The molecule has 2 atom stereocenters. The number of carbonyl (C=O) groups is 1. The molecule has 0 spiro atoms. The highest BCUT2D eigenvalue weighted by molar-refractivity contribution is 6.34. The summed E-state index contributed by atoms with van der Waals surface area (Å²) in [6.45, 7) is 0. The number of hydrogen-bond acceptors (Lipinski definition) is 2. The minimum absolute atomic E-state index is 0.143. The summed E-state index contributed by atoms with van der Waals surface area (Å²) in [4.78, 5) is 12.7. The van der Waals surface area contributed by atoms with Gasteiger partial charge in [0.15, 0.2) is 5.78 Å². The minimum Gasteiger partial charge on any atom is -0.497 e. The van der Waals surface area contributed by atoms with Crippen LogP contribution < -0.4 is 4.74 Å². The third-order valence-corrected chi connectivity index (χ3v) is 5.92. The standard InChI is InChI=1S/C20H25ClO2/c1-23-17-10-7-14(8-11-17)13-16-9-12-18(19(21)20(16)22)15-5-3-2-4-6-15/h7-8,10-11,13,15,18-19H,2-6,9,12H2,1H3. The first-order valence-corrected chi connectivity index (χ1v) is 9.15. The number of benzene rings is 1. The summed E-state index contributed by atoms with van der Waals surface area (Å²) in [6.07, 6.45) is 10.3. The first kappa shape index (κ1) is 16.6. The number of carbonyl (C=O) groups excluding carboxylic acids is 1. The van der Waals surface area contributed by atoms with Gasteiger partial charge in [0, 0.05) is 0 Å². The van der Waals surface area contributed by atoms with E-state index in [1.54, 1.807) is 7.11 Å². The summed E-state index contributed by atoms with van der Waals surface area (Å²) in [6, 6.07) is 7.80. The fourth-order valence-corrected chi connectivity index (χ4v) is 4.52. The molecule has 3 rings (SSSR count). The second-order valence-corrected chi connectivity index (χ2v) is 7.28. The van der Waals surface area contributed by atoms with Gasteiger partial charge in [-0.15, -0.1) is 11.6 Å². The maximum atomic E-state index is 12.7. The highest BCUT2D eigenvalue weighted by atomic mass is 35.5. The van der Waals surface area contributed by atoms with E-state index in [1.165, 1.54) is 32.1 Å². The molecule has 0 N–H and O–H groups in total. The van der Waals surface area contributed by atoms with Crippen LogP contribution in [0.3, 0.4) is 0 Å². The van der Waals surface area contributed by atoms with Gasteiger partial charge in [0.25, 0.3) is 0 Å². The molecule has 0 amide bonds. The highest BCUT2D eigenvalue weighted by Gasteiger charge is 2.38. The van der Waals surface area contributed by atoms with Gasteiger partial charge in [-0.05, 0) is 54.0 Å². The van der Waals surface area contributed by atoms with Crippen molar-refractivity contribution >= 4 is 23.5 Å². The van der Waals surface area contributed by atoms with Crippen LogP contribution in [0.2, 0.25) is 0 Å². The maximum Gasteiger partial charge on any atom is 0.176 e. The number of ketones is 1. The third-order valence-electron chi connectivity index (χ3n) is 5.40. The zero-order chi connectivity index (χ0) is 16.2. The first-order chi connectivity index (χ1) is 11.2. The molecule has 0 saturated heterocycles. The van der Waals surface area contributed by atoms with Crippen LogP contribution in [0, 0.1) is 11.8 Å². The van der Waals surface area contributed by atoms with E-state index in [1.807, 2.05) is 30.3 Å². The zero-order valence-corrected chi connectivity index (χ0v) is 14.5. The van der Waals surface area contributed by atoms with Crippen LogP contribution in [0.4, 0.5) is 0 Å². The summed E-state index contributed by atoms with van der Waals surface area (Å²) in [7, 11) is 1.65. The number of alkyl halides is 1. The fraction of sp³-hybridized carbons (Fsp3) is 0.550. The molecule has 0 heterocycles. The first-order valence-electron chi connectivity index (χ1n) is 8.72. The van der Waals surface area contributed by atoms with Gasteiger partial charge in [-0.1, -0.05) is 44.2 Å². The number of methoxy groups -OCH3 is 1. The van der Waals surface area contributed by atoms with Crippen molar-refractivity contribution in [3.8, 4) is 5.75 Å². The van der Waals surface area contributed by atoms with Gasteiger partial charge in [0.1, 0.15) is 5.75 Å². The predicted octanol–water partition coefficient (Wildman–Crippen LogP) is 5.25. The lowest BCUT2D eigenvalue weighted by atomic mass is 9.71. The van der Waals surface area contributed by atoms with Crippen molar-refractivity contribution in [2.45, 2.75) is 50.3 Å². The Balaban J connectivity index is 1.71. The smallest absolute Gasteiger partial charge is 0.176 e. The van der Waals surface area contributed by atoms with E-state index in [2.05, 4.69) is 0 Å². The molecule has 124 valence electrons. The number of rotatable bonds is 3. The van der Waals surface area contributed by atoms with E-state index in [0.29, 0.717) is 11.8 Å². The SMILES string of the molecule is COc1ccc(C=C2CCC(C3CCCCC3)C(Cl)C2=O)cc1. The Morgan fingerprint density at radius 3 is 2.43 bits per heavy atom. The van der Waals surface area contributed by atoms with Gasteiger partial charge < -0.3 is 4.74 Å². The van der Waals surface area contributed by atoms with Crippen LogP contribution >= 0.6 is 11.6 Å². The third kappa shape index (κ3) is 3.80. The van der Waals surface area contributed by atoms with E-state index in [0.717, 1.165) is 29.7 Å². The van der Waals surface area contributed by atoms with Crippen LogP contribution in [-0.2, 0) is 4.79 Å². The Hall–Kier alpha value is -1.28. The summed E-state index contributed by atoms with van der Waals surface area (Å²) in [5.74, 6) is 1.99. The summed E-state index contributed by atoms with van der Waals surface area (Å²) >= 11 is 6.56. The van der Waals surface area contributed by atoms with E-state index in [9.17, 15) is 4.79 Å². The predicted molar refractivity (Wildman–Crippen MR) is 94.9 cm³/mol. The molecule has 2 nitrogen and oxygen atoms in total. The Morgan fingerprint density at radius 2 is 1.78 bits per heavy atom. The number of allylic oxidation sites excluding steroid dienone is 1. The van der Waals surface area contributed by atoms with Crippen LogP contribution in [-0.4, -0.2) is 18.3 Å².